The lowest BCUT2D eigenvalue weighted by Crippen LogP contribution is -2.32. The molecule has 0 saturated carbocycles. The third-order valence-corrected chi connectivity index (χ3v) is 4.02. The first-order valence-corrected chi connectivity index (χ1v) is 6.82. The van der Waals surface area contributed by atoms with Gasteiger partial charge in [-0.1, -0.05) is 0 Å². The first-order chi connectivity index (χ1) is 8.79. The van der Waals surface area contributed by atoms with E-state index < -0.39 is 26.1 Å². The fourth-order valence-electron chi connectivity index (χ4n) is 1.79. The summed E-state index contributed by atoms with van der Waals surface area (Å²) in [4.78, 5) is 26.6. The van der Waals surface area contributed by atoms with Crippen LogP contribution in [0.1, 0.15) is 6.42 Å². The molecule has 1 aromatic heterocycles. The van der Waals surface area contributed by atoms with E-state index in [0.717, 1.165) is 11.0 Å². The smallest absolute Gasteiger partial charge is 0.274 e. The van der Waals surface area contributed by atoms with Crippen LogP contribution in [0.4, 0.5) is 11.5 Å². The number of carbonyl (C=O) groups excluding carboxylic acids is 1. The van der Waals surface area contributed by atoms with Gasteiger partial charge in [-0.05, 0) is 0 Å². The molecule has 1 saturated heterocycles. The van der Waals surface area contributed by atoms with Crippen LogP contribution in [0.25, 0.3) is 0 Å². The van der Waals surface area contributed by atoms with Crippen LogP contribution in [0.5, 0.6) is 0 Å². The Kier molecular flexibility index (Phi) is 3.20. The summed E-state index contributed by atoms with van der Waals surface area (Å²) in [5.41, 5.74) is -0.225. The lowest BCUT2D eigenvalue weighted by atomic mass is 10.4. The highest BCUT2D eigenvalue weighted by Gasteiger charge is 2.38. The molecule has 0 aliphatic carbocycles. The number of nitro groups is 1. The van der Waals surface area contributed by atoms with Crippen molar-refractivity contribution in [2.75, 3.05) is 11.4 Å². The van der Waals surface area contributed by atoms with Crippen LogP contribution < -0.4 is 10.0 Å². The maximum Gasteiger partial charge on any atom is 0.274 e. The normalized spacial score (nSPS) is 19.7. The maximum absolute atomic E-state index is 11.7. The SMILES string of the molecule is NS(=O)(=O)C1CC(=O)N(c2cc([N+](=O)[O-])ccn2)C1. The molecule has 1 aromatic rings. The molecule has 10 heteroatoms. The summed E-state index contributed by atoms with van der Waals surface area (Å²) in [6.07, 6.45) is 0.939. The second kappa shape index (κ2) is 4.55. The van der Waals surface area contributed by atoms with E-state index in [-0.39, 0.29) is 24.5 Å². The minimum absolute atomic E-state index is 0.0466. The fraction of sp³-hybridized carbons (Fsp3) is 0.333. The number of hydrogen-bond acceptors (Lipinski definition) is 6. The molecule has 9 nitrogen and oxygen atoms in total. The summed E-state index contributed by atoms with van der Waals surface area (Å²) >= 11 is 0. The molecule has 1 aliphatic heterocycles. The van der Waals surface area contributed by atoms with Gasteiger partial charge >= 0.3 is 0 Å². The Balaban J connectivity index is 2.31. The van der Waals surface area contributed by atoms with Gasteiger partial charge in [-0.25, -0.2) is 18.5 Å². The second-order valence-electron chi connectivity index (χ2n) is 4.05. The standard InChI is InChI=1S/C9H10N4O5S/c10-19(17,18)7-4-9(14)12(5-7)8-3-6(13(15)16)1-2-11-8/h1-3,7H,4-5H2,(H2,10,17,18). The highest BCUT2D eigenvalue weighted by Crippen LogP contribution is 2.25. The Bertz CT molecular complexity index is 644. The summed E-state index contributed by atoms with van der Waals surface area (Å²) < 4.78 is 22.4. The van der Waals surface area contributed by atoms with E-state index in [0.29, 0.717) is 0 Å². The number of rotatable bonds is 3. The van der Waals surface area contributed by atoms with Crippen molar-refractivity contribution in [2.45, 2.75) is 11.7 Å². The first-order valence-electron chi connectivity index (χ1n) is 5.21. The molecule has 1 aliphatic rings. The second-order valence-corrected chi connectivity index (χ2v) is 5.89. The van der Waals surface area contributed by atoms with E-state index in [1.165, 1.54) is 12.3 Å². The minimum atomic E-state index is -3.83. The Hall–Kier alpha value is -2.07. The molecule has 19 heavy (non-hydrogen) atoms. The van der Waals surface area contributed by atoms with Gasteiger partial charge in [0.25, 0.3) is 5.69 Å². The summed E-state index contributed by atoms with van der Waals surface area (Å²) in [5, 5.41) is 14.6. The number of amides is 1. The van der Waals surface area contributed by atoms with Crippen molar-refractivity contribution in [3.05, 3.63) is 28.4 Å². The third kappa shape index (κ3) is 2.69. The summed E-state index contributed by atoms with van der Waals surface area (Å²) in [6.45, 7) is -0.147. The van der Waals surface area contributed by atoms with Crippen LogP contribution in [0, 0.1) is 10.1 Å². The van der Waals surface area contributed by atoms with E-state index >= 15 is 0 Å². The minimum Gasteiger partial charge on any atom is -0.295 e. The lowest BCUT2D eigenvalue weighted by molar-refractivity contribution is -0.384. The Morgan fingerprint density at radius 1 is 1.53 bits per heavy atom. The predicted octanol–water partition coefficient (Wildman–Crippen LogP) is -0.616. The van der Waals surface area contributed by atoms with Gasteiger partial charge in [0.1, 0.15) is 11.1 Å². The van der Waals surface area contributed by atoms with Crippen molar-refractivity contribution in [1.29, 1.82) is 0 Å². The zero-order valence-corrected chi connectivity index (χ0v) is 10.4. The predicted molar refractivity (Wildman–Crippen MR) is 64.8 cm³/mol. The first kappa shape index (κ1) is 13.4. The number of carbonyl (C=O) groups is 1. The van der Waals surface area contributed by atoms with E-state index in [9.17, 15) is 23.3 Å². The summed E-state index contributed by atoms with van der Waals surface area (Å²) in [5.74, 6) is -0.433. The highest BCUT2D eigenvalue weighted by molar-refractivity contribution is 7.89. The van der Waals surface area contributed by atoms with E-state index in [1.807, 2.05) is 0 Å². The van der Waals surface area contributed by atoms with Crippen LogP contribution in [-0.2, 0) is 14.8 Å². The Labute approximate surface area is 108 Å². The third-order valence-electron chi connectivity index (χ3n) is 2.77. The van der Waals surface area contributed by atoms with Crippen molar-refractivity contribution >= 4 is 27.4 Å². The van der Waals surface area contributed by atoms with E-state index in [4.69, 9.17) is 5.14 Å². The number of pyridine rings is 1. The molecule has 2 rings (SSSR count). The van der Waals surface area contributed by atoms with Gasteiger partial charge < -0.3 is 0 Å². The van der Waals surface area contributed by atoms with Crippen molar-refractivity contribution < 1.29 is 18.1 Å². The van der Waals surface area contributed by atoms with E-state index in [2.05, 4.69) is 4.98 Å². The van der Waals surface area contributed by atoms with Crippen LogP contribution in [0.15, 0.2) is 18.3 Å². The number of nitrogens with two attached hydrogens (primary N) is 1. The van der Waals surface area contributed by atoms with E-state index in [1.54, 1.807) is 0 Å². The van der Waals surface area contributed by atoms with Gasteiger partial charge in [0.2, 0.25) is 15.9 Å². The molecule has 2 heterocycles. The largest absolute Gasteiger partial charge is 0.295 e. The molecule has 1 unspecified atom stereocenters. The van der Waals surface area contributed by atoms with Crippen molar-refractivity contribution in [2.24, 2.45) is 5.14 Å². The number of hydrogen-bond donors (Lipinski definition) is 1. The molecule has 0 aromatic carbocycles. The molecular formula is C9H10N4O5S. The van der Waals surface area contributed by atoms with Crippen LogP contribution in [0.2, 0.25) is 0 Å². The van der Waals surface area contributed by atoms with Crippen LogP contribution in [-0.4, -0.2) is 36.0 Å². The van der Waals surface area contributed by atoms with Crippen molar-refractivity contribution in [1.82, 2.24) is 4.98 Å². The van der Waals surface area contributed by atoms with Crippen LogP contribution >= 0.6 is 0 Å². The Morgan fingerprint density at radius 2 is 2.21 bits per heavy atom. The maximum atomic E-state index is 11.7. The van der Waals surface area contributed by atoms with Crippen LogP contribution in [0.3, 0.4) is 0 Å². The van der Waals surface area contributed by atoms with Gasteiger partial charge in [0.15, 0.2) is 0 Å². The van der Waals surface area contributed by atoms with Crippen molar-refractivity contribution in [3.63, 3.8) is 0 Å². The molecule has 1 atom stereocenters. The van der Waals surface area contributed by atoms with Gasteiger partial charge in [-0.2, -0.15) is 0 Å². The fourth-order valence-corrected chi connectivity index (χ4v) is 2.52. The lowest BCUT2D eigenvalue weighted by Gasteiger charge is -2.14. The van der Waals surface area contributed by atoms with Crippen molar-refractivity contribution in [3.8, 4) is 0 Å². The molecule has 102 valence electrons. The van der Waals surface area contributed by atoms with Gasteiger partial charge in [0.05, 0.1) is 11.0 Å². The summed E-state index contributed by atoms with van der Waals surface area (Å²) in [7, 11) is -3.83. The highest BCUT2D eigenvalue weighted by atomic mass is 32.2. The van der Waals surface area contributed by atoms with Gasteiger partial charge in [-0.15, -0.1) is 0 Å². The quantitative estimate of drug-likeness (QED) is 0.581. The molecule has 2 N–H and O–H groups in total. The summed E-state index contributed by atoms with van der Waals surface area (Å²) in [6, 6.07) is 2.30. The number of anilines is 1. The van der Waals surface area contributed by atoms with Gasteiger partial charge in [0, 0.05) is 25.2 Å². The number of nitrogens with zero attached hydrogens (tertiary/aromatic N) is 3. The number of aromatic nitrogens is 1. The monoisotopic (exact) mass is 286 g/mol. The molecular weight excluding hydrogens is 276 g/mol. The average Bonchev–Trinajstić information content (AvgIpc) is 2.71. The zero-order valence-electron chi connectivity index (χ0n) is 9.59. The molecule has 1 fully saturated rings. The molecule has 0 spiro atoms. The van der Waals surface area contributed by atoms with Gasteiger partial charge in [-0.3, -0.25) is 19.8 Å². The topological polar surface area (TPSA) is 136 Å². The Morgan fingerprint density at radius 3 is 2.74 bits per heavy atom. The number of primary sulfonamides is 1. The average molecular weight is 286 g/mol. The molecule has 0 bridgehead atoms. The molecule has 0 radical (unpaired) electrons. The molecule has 1 amide bonds. The number of sulfonamides is 1. The zero-order chi connectivity index (χ0) is 14.2.